The molecule has 1 aromatic rings. The molecule has 0 radical (unpaired) electrons. The lowest BCUT2D eigenvalue weighted by atomic mass is 9.88. The van der Waals surface area contributed by atoms with Gasteiger partial charge in [-0.3, -0.25) is 9.59 Å². The number of amides is 2. The summed E-state index contributed by atoms with van der Waals surface area (Å²) in [7, 11) is 0. The van der Waals surface area contributed by atoms with Gasteiger partial charge in [-0.05, 0) is 50.4 Å². The smallest absolute Gasteiger partial charge is 0.255 e. The Morgan fingerprint density at radius 2 is 1.87 bits per heavy atom. The Hall–Kier alpha value is -1.88. The van der Waals surface area contributed by atoms with Crippen molar-refractivity contribution in [3.8, 4) is 0 Å². The summed E-state index contributed by atoms with van der Waals surface area (Å²) in [5.74, 6) is 0.364. The quantitative estimate of drug-likeness (QED) is 0.894. The number of nitrogens with one attached hydrogen (secondary N) is 2. The van der Waals surface area contributed by atoms with Crippen molar-refractivity contribution >= 4 is 17.5 Å². The van der Waals surface area contributed by atoms with Crippen molar-refractivity contribution < 1.29 is 9.59 Å². The molecule has 2 aliphatic rings. The van der Waals surface area contributed by atoms with Gasteiger partial charge in [0.15, 0.2) is 0 Å². The van der Waals surface area contributed by atoms with Crippen LogP contribution in [-0.2, 0) is 4.79 Å². The molecule has 1 unspecified atom stereocenters. The van der Waals surface area contributed by atoms with Crippen LogP contribution in [0.15, 0.2) is 24.3 Å². The normalized spacial score (nSPS) is 19.8. The molecule has 2 heterocycles. The van der Waals surface area contributed by atoms with Crippen LogP contribution in [0, 0.1) is 11.8 Å². The third-order valence-corrected chi connectivity index (χ3v) is 4.99. The zero-order valence-corrected chi connectivity index (χ0v) is 13.7. The number of anilines is 1. The molecular formula is C18H25N3O2. The Morgan fingerprint density at radius 1 is 1.17 bits per heavy atom. The van der Waals surface area contributed by atoms with Crippen LogP contribution in [0.25, 0.3) is 0 Å². The van der Waals surface area contributed by atoms with E-state index in [2.05, 4.69) is 10.6 Å². The molecule has 2 amide bonds. The first-order chi connectivity index (χ1) is 11.2. The van der Waals surface area contributed by atoms with Crippen LogP contribution in [-0.4, -0.2) is 42.9 Å². The Morgan fingerprint density at radius 3 is 2.52 bits per heavy atom. The third kappa shape index (κ3) is 3.55. The van der Waals surface area contributed by atoms with Gasteiger partial charge >= 0.3 is 0 Å². The number of carbonyl (C=O) groups excluding carboxylic acids is 2. The van der Waals surface area contributed by atoms with Crippen LogP contribution in [0.1, 0.15) is 36.5 Å². The number of nitrogens with zero attached hydrogens (tertiary/aromatic N) is 1. The Balaban J connectivity index is 1.72. The summed E-state index contributed by atoms with van der Waals surface area (Å²) >= 11 is 0. The lowest BCUT2D eigenvalue weighted by Crippen LogP contribution is -2.48. The molecule has 0 saturated carbocycles. The van der Waals surface area contributed by atoms with Gasteiger partial charge in [0.05, 0.1) is 11.3 Å². The summed E-state index contributed by atoms with van der Waals surface area (Å²) in [6.07, 6.45) is 3.31. The molecule has 0 aliphatic carbocycles. The second-order valence-electron chi connectivity index (χ2n) is 6.59. The van der Waals surface area contributed by atoms with Crippen LogP contribution in [0.3, 0.4) is 0 Å². The van der Waals surface area contributed by atoms with Gasteiger partial charge in [-0.15, -0.1) is 0 Å². The molecule has 2 fully saturated rings. The van der Waals surface area contributed by atoms with E-state index in [1.807, 2.05) is 36.1 Å². The first kappa shape index (κ1) is 16.0. The topological polar surface area (TPSA) is 61.4 Å². The SMILES string of the molecule is CC(C(=O)Nc1ccccc1C(=O)N1CCCCC1)C1CNC1. The van der Waals surface area contributed by atoms with Gasteiger partial charge in [0, 0.05) is 19.0 Å². The molecule has 0 spiro atoms. The average molecular weight is 315 g/mol. The van der Waals surface area contributed by atoms with Crippen LogP contribution >= 0.6 is 0 Å². The molecule has 2 saturated heterocycles. The van der Waals surface area contributed by atoms with Gasteiger partial charge in [-0.1, -0.05) is 19.1 Å². The maximum absolute atomic E-state index is 12.7. The van der Waals surface area contributed by atoms with Gasteiger partial charge in [-0.2, -0.15) is 0 Å². The highest BCUT2D eigenvalue weighted by Gasteiger charge is 2.29. The minimum Gasteiger partial charge on any atom is -0.339 e. The fraction of sp³-hybridized carbons (Fsp3) is 0.556. The van der Waals surface area contributed by atoms with Crippen molar-refractivity contribution in [2.45, 2.75) is 26.2 Å². The van der Waals surface area contributed by atoms with E-state index in [9.17, 15) is 9.59 Å². The highest BCUT2D eigenvalue weighted by Crippen LogP contribution is 2.23. The van der Waals surface area contributed by atoms with Gasteiger partial charge in [-0.25, -0.2) is 0 Å². The molecule has 0 aromatic heterocycles. The minimum atomic E-state index is -0.0469. The fourth-order valence-electron chi connectivity index (χ4n) is 3.17. The average Bonchev–Trinajstić information content (AvgIpc) is 2.54. The van der Waals surface area contributed by atoms with E-state index in [0.29, 0.717) is 17.2 Å². The molecule has 3 rings (SSSR count). The molecule has 124 valence electrons. The van der Waals surface area contributed by atoms with E-state index in [4.69, 9.17) is 0 Å². The molecule has 0 bridgehead atoms. The first-order valence-electron chi connectivity index (χ1n) is 8.56. The number of hydrogen-bond acceptors (Lipinski definition) is 3. The van der Waals surface area contributed by atoms with Crippen molar-refractivity contribution in [1.82, 2.24) is 10.2 Å². The number of piperidine rings is 1. The second-order valence-corrected chi connectivity index (χ2v) is 6.59. The molecule has 1 atom stereocenters. The van der Waals surface area contributed by atoms with Crippen LogP contribution in [0.4, 0.5) is 5.69 Å². The predicted octanol–water partition coefficient (Wildman–Crippen LogP) is 2.11. The standard InChI is InChI=1S/C18H25N3O2/c1-13(14-11-19-12-14)17(22)20-16-8-4-3-7-15(16)18(23)21-9-5-2-6-10-21/h3-4,7-8,13-14,19H,2,5-6,9-12H2,1H3,(H,20,22). The van der Waals surface area contributed by atoms with E-state index < -0.39 is 0 Å². The van der Waals surface area contributed by atoms with Crippen molar-refractivity contribution in [3.63, 3.8) is 0 Å². The monoisotopic (exact) mass is 315 g/mol. The Kier molecular flexibility index (Phi) is 4.96. The van der Waals surface area contributed by atoms with E-state index in [0.717, 1.165) is 39.0 Å². The third-order valence-electron chi connectivity index (χ3n) is 4.99. The molecular weight excluding hydrogens is 290 g/mol. The van der Waals surface area contributed by atoms with Crippen molar-refractivity contribution in [3.05, 3.63) is 29.8 Å². The van der Waals surface area contributed by atoms with Crippen molar-refractivity contribution in [1.29, 1.82) is 0 Å². The minimum absolute atomic E-state index is 0.00426. The zero-order chi connectivity index (χ0) is 16.2. The van der Waals surface area contributed by atoms with Gasteiger partial charge in [0.25, 0.3) is 5.91 Å². The molecule has 2 aliphatic heterocycles. The maximum atomic E-state index is 12.7. The van der Waals surface area contributed by atoms with Crippen LogP contribution in [0.2, 0.25) is 0 Å². The lowest BCUT2D eigenvalue weighted by Gasteiger charge is -2.32. The molecule has 5 heteroatoms. The van der Waals surface area contributed by atoms with Gasteiger partial charge < -0.3 is 15.5 Å². The highest BCUT2D eigenvalue weighted by molar-refractivity contribution is 6.04. The van der Waals surface area contributed by atoms with E-state index >= 15 is 0 Å². The summed E-state index contributed by atoms with van der Waals surface area (Å²) in [6.45, 7) is 5.36. The maximum Gasteiger partial charge on any atom is 0.255 e. The molecule has 2 N–H and O–H groups in total. The largest absolute Gasteiger partial charge is 0.339 e. The van der Waals surface area contributed by atoms with E-state index in [-0.39, 0.29) is 17.7 Å². The lowest BCUT2D eigenvalue weighted by molar-refractivity contribution is -0.121. The van der Waals surface area contributed by atoms with Crippen molar-refractivity contribution in [2.24, 2.45) is 11.8 Å². The van der Waals surface area contributed by atoms with Crippen molar-refractivity contribution in [2.75, 3.05) is 31.5 Å². The number of hydrogen-bond donors (Lipinski definition) is 2. The summed E-state index contributed by atoms with van der Waals surface area (Å²) in [5.41, 5.74) is 1.23. The zero-order valence-electron chi connectivity index (χ0n) is 13.7. The highest BCUT2D eigenvalue weighted by atomic mass is 16.2. The van der Waals surface area contributed by atoms with Gasteiger partial charge in [0.1, 0.15) is 0 Å². The summed E-state index contributed by atoms with van der Waals surface area (Å²) in [5, 5.41) is 6.16. The summed E-state index contributed by atoms with van der Waals surface area (Å²) < 4.78 is 0. The number of rotatable bonds is 4. The second kappa shape index (κ2) is 7.13. The summed E-state index contributed by atoms with van der Waals surface area (Å²) in [6, 6.07) is 7.34. The molecule has 1 aromatic carbocycles. The summed E-state index contributed by atoms with van der Waals surface area (Å²) in [4.78, 5) is 27.1. The number of carbonyl (C=O) groups is 2. The predicted molar refractivity (Wildman–Crippen MR) is 90.3 cm³/mol. The van der Waals surface area contributed by atoms with E-state index in [1.54, 1.807) is 0 Å². The van der Waals surface area contributed by atoms with Crippen LogP contribution in [0.5, 0.6) is 0 Å². The van der Waals surface area contributed by atoms with Crippen LogP contribution < -0.4 is 10.6 Å². The molecule has 23 heavy (non-hydrogen) atoms. The number of likely N-dealkylation sites (tertiary alicyclic amines) is 1. The van der Waals surface area contributed by atoms with Gasteiger partial charge in [0.2, 0.25) is 5.91 Å². The molecule has 5 nitrogen and oxygen atoms in total. The number of para-hydroxylation sites is 1. The number of benzene rings is 1. The Bertz CT molecular complexity index is 577. The first-order valence-corrected chi connectivity index (χ1v) is 8.56. The Labute approximate surface area is 137 Å². The fourth-order valence-corrected chi connectivity index (χ4v) is 3.17. The van der Waals surface area contributed by atoms with E-state index in [1.165, 1.54) is 6.42 Å².